The van der Waals surface area contributed by atoms with Gasteiger partial charge in [0.05, 0.1) is 25.3 Å². The molecule has 2 heterocycles. The van der Waals surface area contributed by atoms with Gasteiger partial charge in [-0.3, -0.25) is 14.6 Å². The minimum atomic E-state index is -0.668. The summed E-state index contributed by atoms with van der Waals surface area (Å²) >= 11 is 6.07. The number of nitrogens with zero attached hydrogens (tertiary/aromatic N) is 3. The van der Waals surface area contributed by atoms with Crippen molar-refractivity contribution in [2.24, 2.45) is 0 Å². The van der Waals surface area contributed by atoms with Crippen LogP contribution in [0.3, 0.4) is 0 Å². The van der Waals surface area contributed by atoms with Crippen LogP contribution >= 0.6 is 11.6 Å². The molecule has 38 heavy (non-hydrogen) atoms. The summed E-state index contributed by atoms with van der Waals surface area (Å²) in [6, 6.07) is 13.1. The highest BCUT2D eigenvalue weighted by atomic mass is 35.5. The summed E-state index contributed by atoms with van der Waals surface area (Å²) in [5, 5.41) is 3.48. The number of piperazine rings is 1. The summed E-state index contributed by atoms with van der Waals surface area (Å²) in [7, 11) is 3.22. The van der Waals surface area contributed by atoms with Gasteiger partial charge in [0.15, 0.2) is 0 Å². The molecule has 0 radical (unpaired) electrons. The monoisotopic (exact) mass is 540 g/mol. The molecule has 1 N–H and O–H groups in total. The van der Waals surface area contributed by atoms with Gasteiger partial charge in [-0.05, 0) is 49.7 Å². The van der Waals surface area contributed by atoms with Crippen LogP contribution in [0.25, 0.3) is 0 Å². The van der Waals surface area contributed by atoms with Gasteiger partial charge in [-0.15, -0.1) is 0 Å². The fraction of sp³-hybridized carbons (Fsp3) is 0.393. The van der Waals surface area contributed by atoms with Gasteiger partial charge in [0.25, 0.3) is 5.91 Å². The average Bonchev–Trinajstić information content (AvgIpc) is 2.91. The molecule has 1 fully saturated rings. The van der Waals surface area contributed by atoms with E-state index in [1.54, 1.807) is 69.6 Å². The van der Waals surface area contributed by atoms with E-state index in [4.69, 9.17) is 21.1 Å². The molecule has 0 spiro atoms. The Morgan fingerprint density at radius 3 is 2.53 bits per heavy atom. The van der Waals surface area contributed by atoms with Gasteiger partial charge in [-0.2, -0.15) is 0 Å². The summed E-state index contributed by atoms with van der Waals surface area (Å²) in [5.74, 6) is 0.100. The van der Waals surface area contributed by atoms with Crippen molar-refractivity contribution in [3.8, 4) is 5.75 Å². The Labute approximate surface area is 227 Å². The minimum Gasteiger partial charge on any atom is -0.497 e. The lowest BCUT2D eigenvalue weighted by Crippen LogP contribution is -2.56. The third kappa shape index (κ3) is 5.79. The van der Waals surface area contributed by atoms with E-state index in [2.05, 4.69) is 10.2 Å². The van der Waals surface area contributed by atoms with Crippen molar-refractivity contribution in [2.75, 3.05) is 46.9 Å². The van der Waals surface area contributed by atoms with E-state index in [9.17, 15) is 14.4 Å². The fourth-order valence-electron chi connectivity index (χ4n) is 4.92. The van der Waals surface area contributed by atoms with Crippen LogP contribution in [-0.4, -0.2) is 85.6 Å². The van der Waals surface area contributed by atoms with Crippen molar-refractivity contribution in [1.29, 1.82) is 0 Å². The zero-order valence-electron chi connectivity index (χ0n) is 22.1. The summed E-state index contributed by atoms with van der Waals surface area (Å²) < 4.78 is 10.7. The van der Waals surface area contributed by atoms with Gasteiger partial charge in [0.1, 0.15) is 5.75 Å². The number of methoxy groups -OCH3 is 1. The number of ether oxygens (including phenoxy) is 2. The second-order valence-corrected chi connectivity index (χ2v) is 9.82. The number of benzene rings is 2. The highest BCUT2D eigenvalue weighted by Crippen LogP contribution is 2.32. The lowest BCUT2D eigenvalue weighted by molar-refractivity contribution is -0.139. The van der Waals surface area contributed by atoms with E-state index in [1.807, 2.05) is 11.8 Å². The molecule has 9 nitrogen and oxygen atoms in total. The molecular formula is C28H33ClN4O5. The predicted molar refractivity (Wildman–Crippen MR) is 144 cm³/mol. The summed E-state index contributed by atoms with van der Waals surface area (Å²) in [6.07, 6.45) is 0. The smallest absolute Gasteiger partial charge is 0.338 e. The van der Waals surface area contributed by atoms with E-state index >= 15 is 0 Å². The van der Waals surface area contributed by atoms with Crippen LogP contribution in [0.5, 0.6) is 5.75 Å². The van der Waals surface area contributed by atoms with Crippen molar-refractivity contribution >= 4 is 29.5 Å². The van der Waals surface area contributed by atoms with Gasteiger partial charge in [-0.1, -0.05) is 29.8 Å². The second-order valence-electron chi connectivity index (χ2n) is 9.39. The number of halogens is 1. The van der Waals surface area contributed by atoms with Gasteiger partial charge in [-0.25, -0.2) is 9.59 Å². The van der Waals surface area contributed by atoms with Crippen molar-refractivity contribution in [3.05, 3.63) is 76.0 Å². The normalized spacial score (nSPS) is 20.3. The Morgan fingerprint density at radius 2 is 1.87 bits per heavy atom. The number of nitrogens with one attached hydrogen (secondary N) is 1. The van der Waals surface area contributed by atoms with Crippen LogP contribution in [0.2, 0.25) is 5.02 Å². The van der Waals surface area contributed by atoms with Crippen molar-refractivity contribution in [2.45, 2.75) is 25.9 Å². The van der Waals surface area contributed by atoms with Crippen LogP contribution < -0.4 is 10.1 Å². The Bertz CT molecular complexity index is 1230. The van der Waals surface area contributed by atoms with Gasteiger partial charge >= 0.3 is 12.0 Å². The molecule has 0 saturated carbocycles. The van der Waals surface area contributed by atoms with Crippen LogP contribution in [0, 0.1) is 0 Å². The topological polar surface area (TPSA) is 91.4 Å². The molecule has 0 bridgehead atoms. The third-order valence-corrected chi connectivity index (χ3v) is 7.19. The lowest BCUT2D eigenvalue weighted by atomic mass is 9.94. The van der Waals surface area contributed by atoms with E-state index in [0.29, 0.717) is 53.8 Å². The number of amides is 3. The molecule has 0 aliphatic carbocycles. The molecule has 2 aromatic carbocycles. The quantitative estimate of drug-likeness (QED) is 0.538. The number of likely N-dealkylation sites (N-methyl/N-ethyl adjacent to an activating group) is 1. The van der Waals surface area contributed by atoms with E-state index in [0.717, 1.165) is 5.56 Å². The highest BCUT2D eigenvalue weighted by Gasteiger charge is 2.38. The lowest BCUT2D eigenvalue weighted by Gasteiger charge is -2.42. The fourth-order valence-corrected chi connectivity index (χ4v) is 5.04. The standard InChI is InChI=1S/C28H33ClN4O5/c1-5-38-27(35)24-23(31(3)28(36)30-25(24)19-9-11-21(29)12-10-19)17-32-13-14-33(18(2)16-32)26(34)20-7-6-8-22(15-20)37-4/h6-12,15,18,25H,5,13-14,16-17H2,1-4H3,(H,30,36). The van der Waals surface area contributed by atoms with Crippen molar-refractivity contribution < 1.29 is 23.9 Å². The largest absolute Gasteiger partial charge is 0.497 e. The summed E-state index contributed by atoms with van der Waals surface area (Å²) in [4.78, 5) is 44.9. The Balaban J connectivity index is 1.58. The molecule has 2 atom stereocenters. The molecule has 3 amide bonds. The maximum atomic E-state index is 13.2. The van der Waals surface area contributed by atoms with Crippen LogP contribution in [-0.2, 0) is 9.53 Å². The van der Waals surface area contributed by atoms with Crippen molar-refractivity contribution in [1.82, 2.24) is 20.0 Å². The first-order valence-electron chi connectivity index (χ1n) is 12.6. The van der Waals surface area contributed by atoms with Gasteiger partial charge < -0.3 is 19.7 Å². The van der Waals surface area contributed by atoms with E-state index in [-0.39, 0.29) is 24.6 Å². The molecule has 1 saturated heterocycles. The third-order valence-electron chi connectivity index (χ3n) is 6.94. The average molecular weight is 541 g/mol. The first-order valence-corrected chi connectivity index (χ1v) is 13.0. The molecule has 2 aliphatic heterocycles. The molecule has 10 heteroatoms. The van der Waals surface area contributed by atoms with Crippen LogP contribution in [0.1, 0.15) is 35.8 Å². The SMILES string of the molecule is CCOC(=O)C1=C(CN2CCN(C(=O)c3cccc(OC)c3)C(C)C2)N(C)C(=O)NC1c1ccc(Cl)cc1. The van der Waals surface area contributed by atoms with Gasteiger partial charge in [0, 0.05) is 55.6 Å². The molecule has 202 valence electrons. The maximum absolute atomic E-state index is 13.2. The predicted octanol–water partition coefficient (Wildman–Crippen LogP) is 3.71. The molecule has 2 aliphatic rings. The van der Waals surface area contributed by atoms with Crippen molar-refractivity contribution in [3.63, 3.8) is 0 Å². The van der Waals surface area contributed by atoms with Gasteiger partial charge in [0.2, 0.25) is 0 Å². The molecule has 2 aromatic rings. The second kappa shape index (κ2) is 11.9. The number of carbonyl (C=O) groups is 3. The minimum absolute atomic E-state index is 0.0561. The number of rotatable bonds is 7. The number of carbonyl (C=O) groups excluding carboxylic acids is 3. The molecule has 4 rings (SSSR count). The number of esters is 1. The number of urea groups is 1. The van der Waals surface area contributed by atoms with E-state index in [1.165, 1.54) is 4.90 Å². The Kier molecular flexibility index (Phi) is 8.58. The molecule has 2 unspecified atom stereocenters. The Hall–Kier alpha value is -3.56. The first-order chi connectivity index (χ1) is 18.2. The molecular weight excluding hydrogens is 508 g/mol. The zero-order valence-corrected chi connectivity index (χ0v) is 22.8. The zero-order chi connectivity index (χ0) is 27.4. The summed E-state index contributed by atoms with van der Waals surface area (Å²) in [5.41, 5.74) is 2.27. The maximum Gasteiger partial charge on any atom is 0.338 e. The number of hydrogen-bond donors (Lipinski definition) is 1. The summed E-state index contributed by atoms with van der Waals surface area (Å²) in [6.45, 7) is 5.99. The Morgan fingerprint density at radius 1 is 1.13 bits per heavy atom. The first kappa shape index (κ1) is 27.5. The number of hydrogen-bond acceptors (Lipinski definition) is 6. The van der Waals surface area contributed by atoms with Crippen LogP contribution in [0.15, 0.2) is 59.8 Å². The van der Waals surface area contributed by atoms with Crippen LogP contribution in [0.4, 0.5) is 4.79 Å². The molecule has 0 aromatic heterocycles. The van der Waals surface area contributed by atoms with E-state index < -0.39 is 12.0 Å². The highest BCUT2D eigenvalue weighted by molar-refractivity contribution is 6.30.